The zero-order chi connectivity index (χ0) is 16.1. The molecule has 0 spiro atoms. The Morgan fingerprint density at radius 2 is 1.86 bits per heavy atom. The lowest BCUT2D eigenvalue weighted by Crippen LogP contribution is -2.62. The molecule has 0 bridgehead atoms. The van der Waals surface area contributed by atoms with Crippen molar-refractivity contribution in [2.24, 2.45) is 10.8 Å². The van der Waals surface area contributed by atoms with Crippen LogP contribution in [-0.4, -0.2) is 23.4 Å². The molecule has 116 valence electrons. The average Bonchev–Trinajstić information content (AvgIpc) is 2.34. The molecule has 0 amide bonds. The van der Waals surface area contributed by atoms with Crippen LogP contribution in [0.2, 0.25) is 0 Å². The number of carboxylic acid groups (broad SMARTS) is 1. The van der Waals surface area contributed by atoms with E-state index in [0.29, 0.717) is 5.56 Å². The van der Waals surface area contributed by atoms with E-state index in [1.807, 2.05) is 0 Å². The lowest BCUT2D eigenvalue weighted by atomic mass is 9.59. The van der Waals surface area contributed by atoms with E-state index in [-0.39, 0.29) is 12.2 Å². The van der Waals surface area contributed by atoms with Crippen LogP contribution in [0.15, 0.2) is 24.3 Å². The number of alkyl halides is 3. The van der Waals surface area contributed by atoms with Gasteiger partial charge in [0.1, 0.15) is 11.2 Å². The number of halogens is 3. The Kier molecular flexibility index (Phi) is 3.46. The van der Waals surface area contributed by atoms with Crippen LogP contribution in [0.25, 0.3) is 0 Å². The summed E-state index contributed by atoms with van der Waals surface area (Å²) in [5.41, 5.74) is -2.72. The van der Waals surface area contributed by atoms with Crippen LogP contribution in [0.3, 0.4) is 0 Å². The lowest BCUT2D eigenvalue weighted by Gasteiger charge is -2.49. The molecule has 3 nitrogen and oxygen atoms in total. The highest BCUT2D eigenvalue weighted by Crippen LogP contribution is 2.54. The third-order valence-electron chi connectivity index (χ3n) is 4.15. The number of fused-ring (bicyclic) bond motifs is 1. The molecule has 1 aliphatic heterocycles. The first-order chi connectivity index (χ1) is 9.50. The summed E-state index contributed by atoms with van der Waals surface area (Å²) in [7, 11) is 0. The van der Waals surface area contributed by atoms with Gasteiger partial charge in [0.25, 0.3) is 0 Å². The number of hydrogen-bond acceptors (Lipinski definition) is 2. The van der Waals surface area contributed by atoms with Crippen molar-refractivity contribution in [3.05, 3.63) is 29.8 Å². The van der Waals surface area contributed by atoms with Gasteiger partial charge in [0.05, 0.1) is 0 Å². The van der Waals surface area contributed by atoms with Gasteiger partial charge in [0.2, 0.25) is 6.10 Å². The van der Waals surface area contributed by atoms with E-state index < -0.39 is 29.1 Å². The number of para-hydroxylation sites is 1. The topological polar surface area (TPSA) is 46.5 Å². The van der Waals surface area contributed by atoms with Crippen molar-refractivity contribution in [3.8, 4) is 5.75 Å². The standard InChI is InChI=1S/C15H17F3O3/c1-13(2,3)14(12(19)20)8-9-6-4-5-7-10(9)21-11(14)15(16,17)18/h4-7,11H,8H2,1-3H3,(H,19,20). The van der Waals surface area contributed by atoms with Gasteiger partial charge in [-0.3, -0.25) is 4.79 Å². The summed E-state index contributed by atoms with van der Waals surface area (Å²) in [4.78, 5) is 11.8. The SMILES string of the molecule is CC(C)(C)C1(C(=O)O)Cc2ccccc2OC1C(F)(F)F. The molecule has 1 aliphatic rings. The number of rotatable bonds is 1. The van der Waals surface area contributed by atoms with E-state index in [1.54, 1.807) is 18.2 Å². The van der Waals surface area contributed by atoms with E-state index in [9.17, 15) is 23.1 Å². The summed E-state index contributed by atoms with van der Waals surface area (Å²) in [6.07, 6.45) is -7.36. The molecule has 2 rings (SSSR count). The van der Waals surface area contributed by atoms with Gasteiger partial charge < -0.3 is 9.84 Å². The van der Waals surface area contributed by atoms with Crippen molar-refractivity contribution in [1.29, 1.82) is 0 Å². The number of carbonyl (C=O) groups is 1. The van der Waals surface area contributed by atoms with Gasteiger partial charge in [0.15, 0.2) is 0 Å². The largest absolute Gasteiger partial charge is 0.481 e. The van der Waals surface area contributed by atoms with E-state index in [0.717, 1.165) is 0 Å². The van der Waals surface area contributed by atoms with Crippen molar-refractivity contribution in [2.75, 3.05) is 0 Å². The van der Waals surface area contributed by atoms with Gasteiger partial charge in [-0.25, -0.2) is 0 Å². The Morgan fingerprint density at radius 3 is 2.33 bits per heavy atom. The van der Waals surface area contributed by atoms with E-state index in [1.165, 1.54) is 26.8 Å². The number of benzene rings is 1. The van der Waals surface area contributed by atoms with Crippen LogP contribution in [0.4, 0.5) is 13.2 Å². The van der Waals surface area contributed by atoms with Crippen molar-refractivity contribution >= 4 is 5.97 Å². The number of hydrogen-bond donors (Lipinski definition) is 1. The molecule has 0 saturated carbocycles. The smallest absolute Gasteiger partial charge is 0.426 e. The summed E-state index contributed by atoms with van der Waals surface area (Å²) in [6.45, 7) is 4.49. The highest BCUT2D eigenvalue weighted by Gasteiger charge is 2.66. The second kappa shape index (κ2) is 4.64. The van der Waals surface area contributed by atoms with Crippen LogP contribution >= 0.6 is 0 Å². The Balaban J connectivity index is 2.68. The predicted octanol–water partition coefficient (Wildman–Crippen LogP) is 3.67. The van der Waals surface area contributed by atoms with Gasteiger partial charge in [-0.1, -0.05) is 39.0 Å². The van der Waals surface area contributed by atoms with Crippen LogP contribution < -0.4 is 4.74 Å². The third-order valence-corrected chi connectivity index (χ3v) is 4.15. The predicted molar refractivity (Wildman–Crippen MR) is 70.1 cm³/mol. The Bertz CT molecular complexity index is 560. The van der Waals surface area contributed by atoms with Crippen molar-refractivity contribution in [2.45, 2.75) is 39.5 Å². The van der Waals surface area contributed by atoms with Crippen molar-refractivity contribution in [3.63, 3.8) is 0 Å². The van der Waals surface area contributed by atoms with Crippen molar-refractivity contribution in [1.82, 2.24) is 0 Å². The Hall–Kier alpha value is -1.72. The first-order valence-electron chi connectivity index (χ1n) is 6.55. The summed E-state index contributed by atoms with van der Waals surface area (Å²) in [6, 6.07) is 6.26. The van der Waals surface area contributed by atoms with Crippen LogP contribution in [0.1, 0.15) is 26.3 Å². The van der Waals surface area contributed by atoms with Gasteiger partial charge in [0, 0.05) is 0 Å². The quantitative estimate of drug-likeness (QED) is 0.861. The number of ether oxygens (including phenoxy) is 1. The maximum atomic E-state index is 13.4. The molecule has 0 radical (unpaired) electrons. The first kappa shape index (κ1) is 15.7. The molecule has 1 aromatic carbocycles. The molecule has 1 heterocycles. The zero-order valence-electron chi connectivity index (χ0n) is 12.0. The minimum atomic E-state index is -4.76. The van der Waals surface area contributed by atoms with Gasteiger partial charge in [-0.15, -0.1) is 0 Å². The fourth-order valence-electron chi connectivity index (χ4n) is 2.90. The van der Waals surface area contributed by atoms with E-state index in [4.69, 9.17) is 4.74 Å². The Labute approximate surface area is 120 Å². The first-order valence-corrected chi connectivity index (χ1v) is 6.55. The van der Waals surface area contributed by atoms with Gasteiger partial charge in [-0.2, -0.15) is 13.2 Å². The summed E-state index contributed by atoms with van der Waals surface area (Å²) < 4.78 is 45.4. The zero-order valence-corrected chi connectivity index (χ0v) is 12.0. The lowest BCUT2D eigenvalue weighted by molar-refractivity contribution is -0.253. The second-order valence-corrected chi connectivity index (χ2v) is 6.35. The van der Waals surface area contributed by atoms with Crippen molar-refractivity contribution < 1.29 is 27.8 Å². The number of aliphatic carboxylic acids is 1. The summed E-state index contributed by atoms with van der Waals surface area (Å²) in [5, 5.41) is 9.60. The second-order valence-electron chi connectivity index (χ2n) is 6.35. The average molecular weight is 302 g/mol. The molecular weight excluding hydrogens is 285 g/mol. The molecule has 21 heavy (non-hydrogen) atoms. The molecule has 6 heteroatoms. The normalized spacial score (nSPS) is 25.9. The highest BCUT2D eigenvalue weighted by atomic mass is 19.4. The molecule has 2 unspecified atom stereocenters. The summed E-state index contributed by atoms with van der Waals surface area (Å²) >= 11 is 0. The fraction of sp³-hybridized carbons (Fsp3) is 0.533. The Morgan fingerprint density at radius 1 is 1.29 bits per heavy atom. The maximum Gasteiger partial charge on any atom is 0.426 e. The highest BCUT2D eigenvalue weighted by molar-refractivity contribution is 5.78. The molecule has 0 saturated heterocycles. The molecule has 1 N–H and O–H groups in total. The monoisotopic (exact) mass is 302 g/mol. The molecular formula is C15H17F3O3. The number of carboxylic acids is 1. The summed E-state index contributed by atoms with van der Waals surface area (Å²) in [5.74, 6) is -1.40. The van der Waals surface area contributed by atoms with Gasteiger partial charge >= 0.3 is 12.1 Å². The van der Waals surface area contributed by atoms with Crippen LogP contribution in [0.5, 0.6) is 5.75 Å². The minimum absolute atomic E-state index is 0.0981. The third kappa shape index (κ3) is 2.36. The maximum absolute atomic E-state index is 13.4. The molecule has 0 aromatic heterocycles. The van der Waals surface area contributed by atoms with Crippen LogP contribution in [0, 0.1) is 10.8 Å². The van der Waals surface area contributed by atoms with Crippen LogP contribution in [-0.2, 0) is 11.2 Å². The molecule has 0 fully saturated rings. The molecule has 0 aliphatic carbocycles. The molecule has 1 aromatic rings. The van der Waals surface area contributed by atoms with E-state index >= 15 is 0 Å². The van der Waals surface area contributed by atoms with E-state index in [2.05, 4.69) is 0 Å². The molecule has 2 atom stereocenters. The fourth-order valence-corrected chi connectivity index (χ4v) is 2.90. The van der Waals surface area contributed by atoms with Gasteiger partial charge in [-0.05, 0) is 23.5 Å². The minimum Gasteiger partial charge on any atom is -0.481 e.